The Kier molecular flexibility index (Phi) is 12.5. The van der Waals surface area contributed by atoms with Crippen molar-refractivity contribution < 1.29 is 0 Å². The molecule has 5 heterocycles. The van der Waals surface area contributed by atoms with Crippen molar-refractivity contribution in [1.82, 2.24) is 0 Å². The Labute approximate surface area is 301 Å². The summed E-state index contributed by atoms with van der Waals surface area (Å²) in [6, 6.07) is 18.4. The Morgan fingerprint density at radius 2 is 0.956 bits per heavy atom. The first-order chi connectivity index (χ1) is 21.3. The van der Waals surface area contributed by atoms with Crippen LogP contribution >= 0.6 is 45.3 Å². The number of hydrogen-bond donors (Lipinski definition) is 0. The van der Waals surface area contributed by atoms with E-state index in [1.165, 1.54) is 73.2 Å². The van der Waals surface area contributed by atoms with Gasteiger partial charge in [0.05, 0.1) is 0 Å². The van der Waals surface area contributed by atoms with E-state index in [1.807, 2.05) is 10.4 Å². The molecule has 45 heavy (non-hydrogen) atoms. The third kappa shape index (κ3) is 8.00. The monoisotopic (exact) mass is 910 g/mol. The fourth-order valence-corrected chi connectivity index (χ4v) is 30.5. The molecule has 0 aliphatic carbocycles. The summed E-state index contributed by atoms with van der Waals surface area (Å²) >= 11 is 4.38. The van der Waals surface area contributed by atoms with Crippen molar-refractivity contribution in [3.63, 3.8) is 0 Å². The second-order valence-corrected chi connectivity index (χ2v) is 55.0. The average molecular weight is 909 g/mol. The zero-order valence-electron chi connectivity index (χ0n) is 29.8. The average Bonchev–Trinajstić information content (AvgIpc) is 3.80. The molecule has 0 radical (unpaired) electrons. The van der Waals surface area contributed by atoms with Gasteiger partial charge in [0.15, 0.2) is 0 Å². The minimum absolute atomic E-state index is 0.845. The van der Waals surface area contributed by atoms with Crippen LogP contribution in [-0.2, 0) is 0 Å². The Balaban J connectivity index is 1.69. The molecule has 0 aromatic carbocycles. The normalized spacial score (nSPS) is 15.8. The number of hydrogen-bond acceptors (Lipinski definition) is 4. The van der Waals surface area contributed by atoms with Crippen molar-refractivity contribution in [2.24, 2.45) is 11.8 Å². The van der Waals surface area contributed by atoms with Gasteiger partial charge in [-0.05, 0) is 0 Å². The molecule has 246 valence electrons. The van der Waals surface area contributed by atoms with Crippen molar-refractivity contribution in [3.05, 3.63) is 36.4 Å². The third-order valence-electron chi connectivity index (χ3n) is 10.2. The first kappa shape index (κ1) is 36.9. The molecule has 1 aliphatic rings. The van der Waals surface area contributed by atoms with Crippen molar-refractivity contribution in [2.45, 2.75) is 121 Å². The molecule has 2 unspecified atom stereocenters. The van der Waals surface area contributed by atoms with Crippen molar-refractivity contribution in [2.75, 3.05) is 0 Å². The first-order valence-electron chi connectivity index (χ1n) is 17.8. The standard InChI is InChI=1S/C32H40S4Si.6CH3.2Sn/c1-5-9-13-23(7-3)21-37(22-24(8-4)14-10-6-2)29-19-27(25-15-11-17-33-25)35-31(29)32-30(37)20-28(36-32)26-16-12-18-34-26;;;;;;;;/h11-12,15-16,19-20,23-24H,5-10,13-14,21-22H2,1-4H3;6*1H3;;. The number of thiophene rings is 4. The maximum absolute atomic E-state index is 2.77. The molecule has 0 N–H and O–H groups in total. The first-order valence-corrected chi connectivity index (χ1v) is 43.5. The SMILES string of the molecule is CCCCC(CC)C[Si]1(CC(CC)CCCC)c2cc(-c3cc[c]([Sn]([CH3])([CH3])[CH3])s3)sc2-c2sc(-c3cc[c]([Sn]([CH3])([CH3])[CH3])s3)cc21. The van der Waals surface area contributed by atoms with Crippen molar-refractivity contribution in [1.29, 1.82) is 0 Å². The van der Waals surface area contributed by atoms with Crippen LogP contribution < -0.4 is 16.2 Å². The number of fused-ring (bicyclic) bond motifs is 3. The van der Waals surface area contributed by atoms with E-state index >= 15 is 0 Å². The molecule has 0 bridgehead atoms. The Morgan fingerprint density at radius 3 is 1.27 bits per heavy atom. The van der Waals surface area contributed by atoms with Crippen LogP contribution in [0.5, 0.6) is 0 Å². The van der Waals surface area contributed by atoms with E-state index in [4.69, 9.17) is 0 Å². The molecule has 2 atom stereocenters. The second kappa shape index (κ2) is 15.2. The summed E-state index contributed by atoms with van der Waals surface area (Å²) in [5.74, 6) is 1.69. The van der Waals surface area contributed by atoms with Gasteiger partial charge in [0.2, 0.25) is 0 Å². The fraction of sp³-hybridized carbons (Fsp3) is 0.579. The van der Waals surface area contributed by atoms with E-state index < -0.39 is 44.8 Å². The molecule has 5 rings (SSSR count). The van der Waals surface area contributed by atoms with E-state index in [0.717, 1.165) is 11.8 Å². The quantitative estimate of drug-likeness (QED) is 0.0983. The summed E-state index contributed by atoms with van der Waals surface area (Å²) < 4.78 is 3.42. The minimum atomic E-state index is -2.10. The fourth-order valence-electron chi connectivity index (χ4n) is 7.36. The molecule has 0 nitrogen and oxygen atoms in total. The van der Waals surface area contributed by atoms with Crippen LogP contribution in [0.2, 0.25) is 41.7 Å². The number of unbranched alkanes of at least 4 members (excludes halogenated alkanes) is 2. The summed E-state index contributed by atoms with van der Waals surface area (Å²) in [7, 11) is -1.97. The van der Waals surface area contributed by atoms with Gasteiger partial charge >= 0.3 is 291 Å². The Hall–Kier alpha value is 0.614. The molecule has 0 spiro atoms. The van der Waals surface area contributed by atoms with Crippen LogP contribution in [0.3, 0.4) is 0 Å². The molecule has 0 saturated carbocycles. The van der Waals surface area contributed by atoms with Crippen LogP contribution in [0, 0.1) is 11.8 Å². The van der Waals surface area contributed by atoms with E-state index in [0.29, 0.717) is 0 Å². The van der Waals surface area contributed by atoms with Crippen LogP contribution in [0.15, 0.2) is 36.4 Å². The molecule has 0 amide bonds. The number of rotatable bonds is 16. The molecular formula is C38H58S4SiSn2. The van der Waals surface area contributed by atoms with Gasteiger partial charge in [0, 0.05) is 0 Å². The summed E-state index contributed by atoms with van der Waals surface area (Å²) in [5.41, 5.74) is 0. The molecule has 0 saturated heterocycles. The van der Waals surface area contributed by atoms with Gasteiger partial charge in [-0.1, -0.05) is 13.8 Å². The van der Waals surface area contributed by atoms with E-state index in [9.17, 15) is 0 Å². The van der Waals surface area contributed by atoms with E-state index in [2.05, 4.69) is 139 Å². The molecule has 1 aliphatic heterocycles. The Bertz CT molecular complexity index is 1440. The van der Waals surface area contributed by atoms with Crippen LogP contribution in [0.4, 0.5) is 0 Å². The van der Waals surface area contributed by atoms with Gasteiger partial charge in [0.25, 0.3) is 0 Å². The predicted molar refractivity (Wildman–Crippen MR) is 221 cm³/mol. The Morgan fingerprint density at radius 1 is 0.556 bits per heavy atom. The van der Waals surface area contributed by atoms with Crippen LogP contribution in [0.1, 0.15) is 79.1 Å². The van der Waals surface area contributed by atoms with Crippen molar-refractivity contribution >= 4 is 106 Å². The summed E-state index contributed by atoms with van der Waals surface area (Å²) in [6.45, 7) is 9.74. The van der Waals surface area contributed by atoms with Crippen LogP contribution in [0.25, 0.3) is 29.3 Å². The van der Waals surface area contributed by atoms with E-state index in [1.54, 1.807) is 25.3 Å². The third-order valence-corrected chi connectivity index (χ3v) is 40.0. The molecule has 0 fully saturated rings. The summed E-state index contributed by atoms with van der Waals surface area (Å²) in [4.78, 5) is 25.0. The van der Waals surface area contributed by atoms with Gasteiger partial charge in [-0.2, -0.15) is 0 Å². The van der Waals surface area contributed by atoms with E-state index in [-0.39, 0.29) is 0 Å². The van der Waals surface area contributed by atoms with Gasteiger partial charge in [-0.15, -0.1) is 0 Å². The second-order valence-electron chi connectivity index (χ2n) is 15.9. The molecule has 7 heteroatoms. The maximum atomic E-state index is 2.77. The summed E-state index contributed by atoms with van der Waals surface area (Å²) in [6.07, 6.45) is 10.9. The predicted octanol–water partition coefficient (Wildman–Crippen LogP) is 12.3. The van der Waals surface area contributed by atoms with Gasteiger partial charge in [-0.3, -0.25) is 0 Å². The van der Waals surface area contributed by atoms with Crippen molar-refractivity contribution in [3.8, 4) is 29.3 Å². The summed E-state index contributed by atoms with van der Waals surface area (Å²) in [5, 5.41) is 3.68. The zero-order valence-corrected chi connectivity index (χ0v) is 39.8. The zero-order chi connectivity index (χ0) is 32.6. The van der Waals surface area contributed by atoms with Gasteiger partial charge in [0.1, 0.15) is 0 Å². The van der Waals surface area contributed by atoms with Crippen LogP contribution in [-0.4, -0.2) is 44.8 Å². The van der Waals surface area contributed by atoms with Gasteiger partial charge < -0.3 is 0 Å². The molecule has 4 aromatic rings. The molecular weight excluding hydrogens is 850 g/mol. The molecule has 4 aromatic heterocycles. The van der Waals surface area contributed by atoms with Gasteiger partial charge in [-0.25, -0.2) is 0 Å². The topological polar surface area (TPSA) is 0 Å².